The molecule has 1 aromatic carbocycles. The maximum atomic E-state index is 11.8. The zero-order chi connectivity index (χ0) is 18.7. The number of aryl methyl sites for hydroxylation is 2. The molecule has 0 saturated heterocycles. The number of phenolic OH excluding ortho intramolecular Hbond substituents is 1. The number of hydrogen-bond donors (Lipinski definition) is 3. The van der Waals surface area contributed by atoms with Crippen molar-refractivity contribution in [2.45, 2.75) is 27.2 Å². The van der Waals surface area contributed by atoms with E-state index in [4.69, 9.17) is 0 Å². The Balaban J connectivity index is 1.93. The summed E-state index contributed by atoms with van der Waals surface area (Å²) in [6, 6.07) is 7.14. The van der Waals surface area contributed by atoms with Crippen molar-refractivity contribution in [1.29, 1.82) is 0 Å². The molecule has 7 heteroatoms. The van der Waals surface area contributed by atoms with Gasteiger partial charge in [-0.3, -0.25) is 5.32 Å². The van der Waals surface area contributed by atoms with Crippen molar-refractivity contribution in [2.24, 2.45) is 0 Å². The molecule has 0 saturated carbocycles. The number of benzene rings is 1. The molecule has 3 aromatic rings. The lowest BCUT2D eigenvalue weighted by molar-refractivity contribution is 0.252. The van der Waals surface area contributed by atoms with E-state index in [2.05, 4.69) is 25.6 Å². The highest BCUT2D eigenvalue weighted by atomic mass is 16.3. The Labute approximate surface area is 151 Å². The highest BCUT2D eigenvalue weighted by molar-refractivity contribution is 5.89. The summed E-state index contributed by atoms with van der Waals surface area (Å²) < 4.78 is 0. The van der Waals surface area contributed by atoms with Gasteiger partial charge in [0.25, 0.3) is 0 Å². The number of aromatic nitrogens is 3. The molecule has 2 amide bonds. The monoisotopic (exact) mass is 351 g/mol. The zero-order valence-corrected chi connectivity index (χ0v) is 15.0. The Hall–Kier alpha value is -3.22. The van der Waals surface area contributed by atoms with E-state index in [1.165, 1.54) is 6.20 Å². The second kappa shape index (κ2) is 7.35. The fourth-order valence-corrected chi connectivity index (χ4v) is 2.62. The van der Waals surface area contributed by atoms with Crippen LogP contribution in [0.3, 0.4) is 0 Å². The fraction of sp³-hybridized carbons (Fsp3) is 0.263. The number of carbonyl (C=O) groups is 1. The first-order chi connectivity index (χ1) is 12.5. The second-order valence-corrected chi connectivity index (χ2v) is 6.13. The molecule has 0 radical (unpaired) electrons. The van der Waals surface area contributed by atoms with Gasteiger partial charge < -0.3 is 10.4 Å². The summed E-state index contributed by atoms with van der Waals surface area (Å²) in [5.74, 6) is 0.632. The third-order valence-corrected chi connectivity index (χ3v) is 3.97. The molecule has 0 atom stereocenters. The van der Waals surface area contributed by atoms with Gasteiger partial charge in [-0.15, -0.1) is 0 Å². The van der Waals surface area contributed by atoms with Crippen molar-refractivity contribution in [3.63, 3.8) is 0 Å². The molecule has 0 unspecified atom stereocenters. The van der Waals surface area contributed by atoms with Gasteiger partial charge in [0.1, 0.15) is 11.3 Å². The number of urea groups is 1. The van der Waals surface area contributed by atoms with Gasteiger partial charge in [0.15, 0.2) is 11.5 Å². The van der Waals surface area contributed by atoms with Gasteiger partial charge >= 0.3 is 6.03 Å². The van der Waals surface area contributed by atoms with Gasteiger partial charge in [0.2, 0.25) is 0 Å². The Kier molecular flexibility index (Phi) is 4.97. The van der Waals surface area contributed by atoms with E-state index in [0.29, 0.717) is 29.3 Å². The maximum Gasteiger partial charge on any atom is 0.320 e. The van der Waals surface area contributed by atoms with Crippen LogP contribution in [-0.4, -0.2) is 32.6 Å². The van der Waals surface area contributed by atoms with Gasteiger partial charge in [0.05, 0.1) is 11.9 Å². The van der Waals surface area contributed by atoms with Crippen LogP contribution in [0.1, 0.15) is 24.5 Å². The molecular weight excluding hydrogens is 330 g/mol. The second-order valence-electron chi connectivity index (χ2n) is 6.13. The molecule has 0 aliphatic heterocycles. The van der Waals surface area contributed by atoms with E-state index >= 15 is 0 Å². The van der Waals surface area contributed by atoms with Crippen molar-refractivity contribution in [3.8, 4) is 17.0 Å². The largest absolute Gasteiger partial charge is 0.507 e. The Bertz CT molecular complexity index is 948. The predicted octanol–water partition coefficient (Wildman–Crippen LogP) is 3.55. The van der Waals surface area contributed by atoms with Gasteiger partial charge in [-0.2, -0.15) is 0 Å². The summed E-state index contributed by atoms with van der Waals surface area (Å²) in [7, 11) is 0. The minimum atomic E-state index is -0.318. The smallest absolute Gasteiger partial charge is 0.320 e. The molecule has 7 nitrogen and oxygen atoms in total. The van der Waals surface area contributed by atoms with Crippen molar-refractivity contribution >= 4 is 23.0 Å². The van der Waals surface area contributed by atoms with E-state index in [1.807, 2.05) is 45.0 Å². The Morgan fingerprint density at radius 3 is 2.58 bits per heavy atom. The highest BCUT2D eigenvalue weighted by Gasteiger charge is 2.09. The summed E-state index contributed by atoms with van der Waals surface area (Å²) in [6.07, 6.45) is 2.36. The third kappa shape index (κ3) is 3.72. The van der Waals surface area contributed by atoms with Crippen LogP contribution in [0, 0.1) is 13.8 Å². The molecular formula is C19H21N5O2. The Morgan fingerprint density at radius 1 is 1.15 bits per heavy atom. The number of fused-ring (bicyclic) bond motifs is 1. The molecule has 0 aliphatic rings. The van der Waals surface area contributed by atoms with Crippen molar-refractivity contribution in [2.75, 3.05) is 11.9 Å². The van der Waals surface area contributed by atoms with Gasteiger partial charge in [-0.05, 0) is 55.7 Å². The highest BCUT2D eigenvalue weighted by Crippen LogP contribution is 2.28. The number of nitrogens with zero attached hydrogens (tertiary/aromatic N) is 3. The summed E-state index contributed by atoms with van der Waals surface area (Å²) >= 11 is 0. The topological polar surface area (TPSA) is 100 Å². The normalized spacial score (nSPS) is 10.7. The van der Waals surface area contributed by atoms with Crippen LogP contribution in [0.25, 0.3) is 22.4 Å². The standard InChI is InChI=1S/C19H21N5O2/c1-4-7-20-19(26)24-16-10-21-15-6-5-14(22-18(15)23-16)13-8-11(2)17(25)12(3)9-13/h5-6,8-10,25H,4,7H2,1-3H3,(H2,20,22,23,24,26). The van der Waals surface area contributed by atoms with Gasteiger partial charge in [0, 0.05) is 12.1 Å². The number of nitrogens with one attached hydrogen (secondary N) is 2. The summed E-state index contributed by atoms with van der Waals surface area (Å²) in [5, 5.41) is 15.3. The van der Waals surface area contributed by atoms with Crippen LogP contribution in [-0.2, 0) is 0 Å². The lowest BCUT2D eigenvalue weighted by atomic mass is 10.0. The molecule has 2 aromatic heterocycles. The van der Waals surface area contributed by atoms with E-state index in [9.17, 15) is 9.90 Å². The number of hydrogen-bond acceptors (Lipinski definition) is 5. The maximum absolute atomic E-state index is 11.8. The van der Waals surface area contributed by atoms with E-state index in [0.717, 1.165) is 28.8 Å². The molecule has 0 fully saturated rings. The SMILES string of the molecule is CCCNC(=O)Nc1cnc2ccc(-c3cc(C)c(O)c(C)c3)nc2n1. The average molecular weight is 351 g/mol. The molecule has 0 aliphatic carbocycles. The van der Waals surface area contributed by atoms with Crippen molar-refractivity contribution in [3.05, 3.63) is 41.6 Å². The lowest BCUT2D eigenvalue weighted by Gasteiger charge is -2.09. The van der Waals surface area contributed by atoms with Gasteiger partial charge in [-0.25, -0.2) is 19.7 Å². The molecule has 0 bridgehead atoms. The Morgan fingerprint density at radius 2 is 1.88 bits per heavy atom. The molecule has 134 valence electrons. The van der Waals surface area contributed by atoms with E-state index in [1.54, 1.807) is 0 Å². The quantitative estimate of drug-likeness (QED) is 0.667. The first kappa shape index (κ1) is 17.6. The molecule has 3 rings (SSSR count). The van der Waals surface area contributed by atoms with Crippen LogP contribution < -0.4 is 10.6 Å². The number of anilines is 1. The number of amides is 2. The number of carbonyl (C=O) groups excluding carboxylic acids is 1. The first-order valence-electron chi connectivity index (χ1n) is 8.47. The fourth-order valence-electron chi connectivity index (χ4n) is 2.62. The van der Waals surface area contributed by atoms with Crippen LogP contribution in [0.5, 0.6) is 5.75 Å². The van der Waals surface area contributed by atoms with Crippen LogP contribution in [0.15, 0.2) is 30.5 Å². The summed E-state index contributed by atoms with van der Waals surface area (Å²) in [4.78, 5) is 25.0. The zero-order valence-electron chi connectivity index (χ0n) is 15.0. The number of pyridine rings is 1. The average Bonchev–Trinajstić information content (AvgIpc) is 2.63. The minimum absolute atomic E-state index is 0.291. The molecule has 2 heterocycles. The van der Waals surface area contributed by atoms with Crippen LogP contribution in [0.2, 0.25) is 0 Å². The third-order valence-electron chi connectivity index (χ3n) is 3.97. The van der Waals surface area contributed by atoms with Crippen molar-refractivity contribution < 1.29 is 9.90 Å². The lowest BCUT2D eigenvalue weighted by Crippen LogP contribution is -2.29. The molecule has 3 N–H and O–H groups in total. The van der Waals surface area contributed by atoms with Gasteiger partial charge in [-0.1, -0.05) is 6.92 Å². The van der Waals surface area contributed by atoms with Crippen LogP contribution in [0.4, 0.5) is 10.6 Å². The predicted molar refractivity (Wildman–Crippen MR) is 101 cm³/mol. The summed E-state index contributed by atoms with van der Waals surface area (Å²) in [5.41, 5.74) is 4.28. The van der Waals surface area contributed by atoms with E-state index < -0.39 is 0 Å². The number of aromatic hydroxyl groups is 1. The first-order valence-corrected chi connectivity index (χ1v) is 8.47. The van der Waals surface area contributed by atoms with Crippen molar-refractivity contribution in [1.82, 2.24) is 20.3 Å². The number of rotatable bonds is 4. The number of phenols is 1. The van der Waals surface area contributed by atoms with E-state index in [-0.39, 0.29) is 6.03 Å². The summed E-state index contributed by atoms with van der Waals surface area (Å²) in [6.45, 7) is 6.27. The minimum Gasteiger partial charge on any atom is -0.507 e. The van der Waals surface area contributed by atoms with Crippen LogP contribution >= 0.6 is 0 Å². The molecule has 26 heavy (non-hydrogen) atoms. The molecule has 0 spiro atoms.